The number of carbonyl (C=O) groups excluding carboxylic acids is 3. The number of nitrogens with zero attached hydrogens (tertiary/aromatic N) is 2. The van der Waals surface area contributed by atoms with E-state index in [1.807, 2.05) is 54.6 Å². The quantitative estimate of drug-likeness (QED) is 0.646. The van der Waals surface area contributed by atoms with E-state index in [1.165, 1.54) is 0 Å². The molecule has 2 aromatic rings. The van der Waals surface area contributed by atoms with Gasteiger partial charge in [0.25, 0.3) is 5.91 Å². The third kappa shape index (κ3) is 4.66. The molecule has 2 unspecified atom stereocenters. The van der Waals surface area contributed by atoms with E-state index in [2.05, 4.69) is 5.32 Å². The molecular weight excluding hydrogens is 450 g/mol. The van der Waals surface area contributed by atoms with Gasteiger partial charge < -0.3 is 10.2 Å². The van der Waals surface area contributed by atoms with Gasteiger partial charge in [-0.3, -0.25) is 14.5 Å². The van der Waals surface area contributed by atoms with Crippen LogP contribution in [-0.2, 0) is 19.4 Å². The van der Waals surface area contributed by atoms with Gasteiger partial charge in [-0.1, -0.05) is 42.5 Å². The first-order valence-corrected chi connectivity index (χ1v) is 13.2. The molecule has 0 bridgehead atoms. The number of para-hydroxylation sites is 1. The van der Waals surface area contributed by atoms with E-state index >= 15 is 0 Å². The van der Waals surface area contributed by atoms with E-state index < -0.39 is 34.4 Å². The first kappa shape index (κ1) is 22.3. The summed E-state index contributed by atoms with van der Waals surface area (Å²) in [7, 11) is -3.28. The van der Waals surface area contributed by atoms with Gasteiger partial charge in [-0.2, -0.15) is 0 Å². The van der Waals surface area contributed by atoms with Crippen molar-refractivity contribution in [2.75, 3.05) is 29.2 Å². The van der Waals surface area contributed by atoms with Gasteiger partial charge >= 0.3 is 6.03 Å². The molecule has 10 heteroatoms. The Kier molecular flexibility index (Phi) is 6.25. The Morgan fingerprint density at radius 3 is 2.50 bits per heavy atom. The van der Waals surface area contributed by atoms with Crippen molar-refractivity contribution >= 4 is 45.1 Å². The Labute approximate surface area is 190 Å². The molecule has 2 aromatic carbocycles. The highest BCUT2D eigenvalue weighted by molar-refractivity contribution is 7.99. The van der Waals surface area contributed by atoms with Crippen LogP contribution >= 0.6 is 11.8 Å². The normalized spacial score (nSPS) is 20.8. The third-order valence-electron chi connectivity index (χ3n) is 5.46. The van der Waals surface area contributed by atoms with Crippen molar-refractivity contribution in [3.8, 4) is 0 Å². The maximum atomic E-state index is 13.5. The molecule has 32 heavy (non-hydrogen) atoms. The lowest BCUT2D eigenvalue weighted by atomic mass is 10.1. The minimum Gasteiger partial charge on any atom is -0.326 e. The van der Waals surface area contributed by atoms with Crippen LogP contribution in [0.2, 0.25) is 0 Å². The van der Waals surface area contributed by atoms with Gasteiger partial charge in [-0.05, 0) is 24.1 Å². The molecule has 2 atom stereocenters. The lowest BCUT2D eigenvalue weighted by molar-refractivity contribution is -0.131. The predicted molar refractivity (Wildman–Crippen MR) is 122 cm³/mol. The van der Waals surface area contributed by atoms with Gasteiger partial charge in [-0.15, -0.1) is 11.8 Å². The standard InChI is InChI=1S/C22H23N3O5S2/c1-32(29,30)12-11-16-21(27)24(22(28)23-16)13-20(26)25-17-9-5-6-10-19(17)31-14-18(25)15-7-3-2-4-8-15/h2-10,16,18H,11-14H2,1H3,(H,23,28). The van der Waals surface area contributed by atoms with E-state index in [-0.39, 0.29) is 24.1 Å². The van der Waals surface area contributed by atoms with Gasteiger partial charge in [0.05, 0.1) is 17.5 Å². The van der Waals surface area contributed by atoms with Crippen molar-refractivity contribution in [3.63, 3.8) is 0 Å². The molecule has 1 saturated heterocycles. The summed E-state index contributed by atoms with van der Waals surface area (Å²) < 4.78 is 22.9. The third-order valence-corrected chi connectivity index (χ3v) is 7.58. The number of sulfone groups is 1. The Hall–Kier alpha value is -2.85. The van der Waals surface area contributed by atoms with Gasteiger partial charge in [0.15, 0.2) is 0 Å². The lowest BCUT2D eigenvalue weighted by Gasteiger charge is -2.37. The fraction of sp³-hybridized carbons (Fsp3) is 0.318. The molecule has 4 rings (SSSR count). The maximum absolute atomic E-state index is 13.5. The smallest absolute Gasteiger partial charge is 0.325 e. The second-order valence-electron chi connectivity index (χ2n) is 7.81. The van der Waals surface area contributed by atoms with Crippen LogP contribution in [0, 0.1) is 0 Å². The number of imide groups is 1. The average Bonchev–Trinajstić information content (AvgIpc) is 3.04. The van der Waals surface area contributed by atoms with Crippen LogP contribution in [0.1, 0.15) is 18.0 Å². The molecule has 8 nitrogen and oxygen atoms in total. The summed E-state index contributed by atoms with van der Waals surface area (Å²) in [4.78, 5) is 42.1. The number of fused-ring (bicyclic) bond motifs is 1. The summed E-state index contributed by atoms with van der Waals surface area (Å²) >= 11 is 1.66. The van der Waals surface area contributed by atoms with Crippen LogP contribution in [0.3, 0.4) is 0 Å². The molecule has 0 spiro atoms. The van der Waals surface area contributed by atoms with Crippen LogP contribution in [0.25, 0.3) is 0 Å². The fourth-order valence-corrected chi connectivity index (χ4v) is 5.72. The SMILES string of the molecule is CS(=O)(=O)CCC1NC(=O)N(CC(=O)N2c3ccccc3SCC2c2ccccc2)C1=O. The van der Waals surface area contributed by atoms with E-state index in [9.17, 15) is 22.8 Å². The minimum atomic E-state index is -3.28. The Morgan fingerprint density at radius 2 is 1.78 bits per heavy atom. The molecule has 2 aliphatic heterocycles. The summed E-state index contributed by atoms with van der Waals surface area (Å²) in [5.74, 6) is -0.538. The molecule has 0 saturated carbocycles. The van der Waals surface area contributed by atoms with Crippen molar-refractivity contribution in [1.29, 1.82) is 0 Å². The zero-order valence-corrected chi connectivity index (χ0v) is 19.1. The summed E-state index contributed by atoms with van der Waals surface area (Å²) in [6, 6.07) is 15.3. The second-order valence-corrected chi connectivity index (χ2v) is 11.1. The summed E-state index contributed by atoms with van der Waals surface area (Å²) in [5, 5.41) is 2.49. The largest absolute Gasteiger partial charge is 0.326 e. The van der Waals surface area contributed by atoms with Crippen LogP contribution < -0.4 is 10.2 Å². The first-order valence-electron chi connectivity index (χ1n) is 10.1. The number of thioether (sulfide) groups is 1. The number of rotatable bonds is 6. The maximum Gasteiger partial charge on any atom is 0.325 e. The number of benzene rings is 2. The molecule has 0 aliphatic carbocycles. The summed E-state index contributed by atoms with van der Waals surface area (Å²) in [6.07, 6.45) is 1.05. The molecule has 2 aliphatic rings. The van der Waals surface area contributed by atoms with E-state index in [1.54, 1.807) is 16.7 Å². The molecule has 0 aromatic heterocycles. The lowest BCUT2D eigenvalue weighted by Crippen LogP contribution is -2.46. The molecule has 4 amide bonds. The Morgan fingerprint density at radius 1 is 1.09 bits per heavy atom. The number of nitrogens with one attached hydrogen (secondary N) is 1. The van der Waals surface area contributed by atoms with Gasteiger partial charge in [-0.25, -0.2) is 13.2 Å². The van der Waals surface area contributed by atoms with Crippen molar-refractivity contribution in [2.24, 2.45) is 0 Å². The second kappa shape index (κ2) is 8.95. The highest BCUT2D eigenvalue weighted by Crippen LogP contribution is 2.43. The summed E-state index contributed by atoms with van der Waals surface area (Å²) in [6.45, 7) is -0.414. The number of anilines is 1. The number of hydrogen-bond donors (Lipinski definition) is 1. The highest BCUT2D eigenvalue weighted by atomic mass is 32.2. The zero-order valence-electron chi connectivity index (χ0n) is 17.4. The fourth-order valence-electron chi connectivity index (χ4n) is 3.88. The molecule has 2 heterocycles. The molecular formula is C22H23N3O5S2. The van der Waals surface area contributed by atoms with E-state index in [4.69, 9.17) is 0 Å². The molecule has 168 valence electrons. The number of hydrogen-bond acceptors (Lipinski definition) is 6. The number of urea groups is 1. The Balaban J connectivity index is 1.57. The van der Waals surface area contributed by atoms with Gasteiger partial charge in [0.1, 0.15) is 22.4 Å². The van der Waals surface area contributed by atoms with Crippen LogP contribution in [0.4, 0.5) is 10.5 Å². The average molecular weight is 474 g/mol. The first-order chi connectivity index (χ1) is 15.2. The highest BCUT2D eigenvalue weighted by Gasteiger charge is 2.41. The molecule has 1 N–H and O–H groups in total. The monoisotopic (exact) mass is 473 g/mol. The van der Waals surface area contributed by atoms with Crippen LogP contribution in [0.15, 0.2) is 59.5 Å². The predicted octanol–water partition coefficient (Wildman–Crippen LogP) is 2.22. The topological polar surface area (TPSA) is 104 Å². The Bertz CT molecular complexity index is 1150. The van der Waals surface area contributed by atoms with Crippen LogP contribution in [-0.4, -0.2) is 61.5 Å². The van der Waals surface area contributed by atoms with Crippen molar-refractivity contribution in [2.45, 2.75) is 23.4 Å². The van der Waals surface area contributed by atoms with Gasteiger partial charge in [0, 0.05) is 16.9 Å². The van der Waals surface area contributed by atoms with E-state index in [0.29, 0.717) is 5.75 Å². The van der Waals surface area contributed by atoms with Crippen molar-refractivity contribution < 1.29 is 22.8 Å². The number of amides is 4. The van der Waals surface area contributed by atoms with Crippen molar-refractivity contribution in [3.05, 3.63) is 60.2 Å². The van der Waals surface area contributed by atoms with E-state index in [0.717, 1.165) is 27.3 Å². The minimum absolute atomic E-state index is 0.0239. The molecule has 0 radical (unpaired) electrons. The molecule has 1 fully saturated rings. The van der Waals surface area contributed by atoms with Crippen LogP contribution in [0.5, 0.6) is 0 Å². The zero-order chi connectivity index (χ0) is 22.9. The van der Waals surface area contributed by atoms with Crippen molar-refractivity contribution in [1.82, 2.24) is 10.2 Å². The van der Waals surface area contributed by atoms with Gasteiger partial charge in [0.2, 0.25) is 5.91 Å². The number of carbonyl (C=O) groups is 3. The summed E-state index contributed by atoms with van der Waals surface area (Å²) in [5.41, 5.74) is 1.70.